The summed E-state index contributed by atoms with van der Waals surface area (Å²) in [6, 6.07) is -0.895. The molecular formula is C7H10N2O3. The first-order valence-corrected chi connectivity index (χ1v) is 3.56. The Labute approximate surface area is 69.7 Å². The van der Waals surface area contributed by atoms with E-state index in [1.807, 2.05) is 0 Å². The van der Waals surface area contributed by atoms with Gasteiger partial charge in [0.05, 0.1) is 6.42 Å². The molecule has 1 rings (SSSR count). The highest BCUT2D eigenvalue weighted by Crippen LogP contribution is 2.09. The summed E-state index contributed by atoms with van der Waals surface area (Å²) in [7, 11) is 1.58. The smallest absolute Gasteiger partial charge is 0.329 e. The number of hydrogen-bond acceptors (Lipinski definition) is 3. The third-order valence-corrected chi connectivity index (χ3v) is 1.86. The van der Waals surface area contributed by atoms with Crippen LogP contribution in [0.1, 0.15) is 13.3 Å². The number of amidine groups is 1. The van der Waals surface area contributed by atoms with Crippen LogP contribution in [-0.4, -0.2) is 40.8 Å². The van der Waals surface area contributed by atoms with E-state index in [1.165, 1.54) is 4.90 Å². The van der Waals surface area contributed by atoms with Crippen molar-refractivity contribution < 1.29 is 14.7 Å². The van der Waals surface area contributed by atoms with Gasteiger partial charge in [-0.2, -0.15) is 0 Å². The minimum absolute atomic E-state index is 0.0385. The van der Waals surface area contributed by atoms with Gasteiger partial charge in [-0.05, 0) is 6.92 Å². The first-order chi connectivity index (χ1) is 5.52. The van der Waals surface area contributed by atoms with Gasteiger partial charge in [-0.1, -0.05) is 0 Å². The molecule has 0 radical (unpaired) electrons. The molecule has 1 atom stereocenters. The number of nitrogens with zero attached hydrogens (tertiary/aromatic N) is 2. The lowest BCUT2D eigenvalue weighted by Gasteiger charge is -2.23. The summed E-state index contributed by atoms with van der Waals surface area (Å²) in [6.45, 7) is 1.62. The number of amides is 1. The highest BCUT2D eigenvalue weighted by Gasteiger charge is 2.28. The minimum atomic E-state index is -1.05. The summed E-state index contributed by atoms with van der Waals surface area (Å²) in [4.78, 5) is 26.8. The van der Waals surface area contributed by atoms with Gasteiger partial charge in [0.15, 0.2) is 6.04 Å². The highest BCUT2D eigenvalue weighted by molar-refractivity contribution is 6.01. The zero-order chi connectivity index (χ0) is 9.30. The van der Waals surface area contributed by atoms with Crippen molar-refractivity contribution in [3.05, 3.63) is 0 Å². The summed E-state index contributed by atoms with van der Waals surface area (Å²) in [5, 5.41) is 8.58. The number of carbonyl (C=O) groups is 2. The van der Waals surface area contributed by atoms with Crippen LogP contribution >= 0.6 is 0 Å². The second kappa shape index (κ2) is 2.92. The minimum Gasteiger partial charge on any atom is -0.480 e. The summed E-state index contributed by atoms with van der Waals surface area (Å²) >= 11 is 0. The van der Waals surface area contributed by atoms with Crippen LogP contribution in [0.4, 0.5) is 0 Å². The molecule has 1 N–H and O–H groups in total. The number of carboxylic acids is 1. The van der Waals surface area contributed by atoms with Crippen LogP contribution in [-0.2, 0) is 9.59 Å². The van der Waals surface area contributed by atoms with Gasteiger partial charge in [-0.15, -0.1) is 0 Å². The number of carboxylic acid groups (broad SMARTS) is 1. The molecule has 0 bridgehead atoms. The Hall–Kier alpha value is -1.39. The Morgan fingerprint density at radius 2 is 2.33 bits per heavy atom. The molecule has 0 aromatic heterocycles. The normalized spacial score (nSPS) is 23.8. The van der Waals surface area contributed by atoms with Gasteiger partial charge < -0.3 is 10.0 Å². The highest BCUT2D eigenvalue weighted by atomic mass is 16.4. The Kier molecular flexibility index (Phi) is 2.12. The fraction of sp³-hybridized carbons (Fsp3) is 0.571. The quantitative estimate of drug-likeness (QED) is 0.588. The molecule has 5 heteroatoms. The zero-order valence-corrected chi connectivity index (χ0v) is 6.94. The van der Waals surface area contributed by atoms with E-state index in [1.54, 1.807) is 14.0 Å². The van der Waals surface area contributed by atoms with Gasteiger partial charge in [0.1, 0.15) is 5.84 Å². The molecule has 0 saturated carbocycles. The maximum absolute atomic E-state index is 11.1. The standard InChI is InChI=1S/C7H10N2O3/c1-4-8-5(7(11)12)3-6(10)9(4)2/h5H,3H2,1-2H3,(H,11,12). The molecule has 0 aromatic rings. The second-order valence-corrected chi connectivity index (χ2v) is 2.69. The summed E-state index contributed by atoms with van der Waals surface area (Å²) in [6.07, 6.45) is -0.0385. The van der Waals surface area contributed by atoms with Crippen molar-refractivity contribution in [1.29, 1.82) is 0 Å². The van der Waals surface area contributed by atoms with E-state index < -0.39 is 12.0 Å². The lowest BCUT2D eigenvalue weighted by molar-refractivity contribution is -0.141. The van der Waals surface area contributed by atoms with Crippen LogP contribution < -0.4 is 0 Å². The third kappa shape index (κ3) is 1.44. The Bertz CT molecular complexity index is 259. The average Bonchev–Trinajstić information content (AvgIpc) is 1.99. The van der Waals surface area contributed by atoms with E-state index in [0.29, 0.717) is 5.84 Å². The summed E-state index contributed by atoms with van der Waals surface area (Å²) < 4.78 is 0. The molecule has 1 aliphatic rings. The maximum atomic E-state index is 11.1. The van der Waals surface area contributed by atoms with Crippen molar-refractivity contribution in [3.8, 4) is 0 Å². The van der Waals surface area contributed by atoms with Gasteiger partial charge in [0.2, 0.25) is 5.91 Å². The topological polar surface area (TPSA) is 70.0 Å². The lowest BCUT2D eigenvalue weighted by Crippen LogP contribution is -2.41. The number of hydrogen-bond donors (Lipinski definition) is 1. The fourth-order valence-electron chi connectivity index (χ4n) is 0.983. The van der Waals surface area contributed by atoms with Crippen LogP contribution in [0, 0.1) is 0 Å². The molecule has 0 fully saturated rings. The lowest BCUT2D eigenvalue weighted by atomic mass is 10.1. The van der Waals surface area contributed by atoms with Crippen LogP contribution in [0.25, 0.3) is 0 Å². The second-order valence-electron chi connectivity index (χ2n) is 2.69. The Balaban J connectivity index is 2.87. The fourth-order valence-corrected chi connectivity index (χ4v) is 0.983. The molecule has 5 nitrogen and oxygen atoms in total. The van der Waals surface area contributed by atoms with Crippen molar-refractivity contribution in [1.82, 2.24) is 4.90 Å². The van der Waals surface area contributed by atoms with Crippen molar-refractivity contribution in [2.75, 3.05) is 7.05 Å². The average molecular weight is 170 g/mol. The van der Waals surface area contributed by atoms with Crippen LogP contribution in [0.15, 0.2) is 4.99 Å². The number of rotatable bonds is 1. The van der Waals surface area contributed by atoms with Gasteiger partial charge >= 0.3 is 5.97 Å². The van der Waals surface area contributed by atoms with Gasteiger partial charge in [0.25, 0.3) is 0 Å². The van der Waals surface area contributed by atoms with Crippen molar-refractivity contribution >= 4 is 17.7 Å². The Morgan fingerprint density at radius 3 is 2.75 bits per heavy atom. The number of carbonyl (C=O) groups excluding carboxylic acids is 1. The summed E-state index contributed by atoms with van der Waals surface area (Å²) in [5.41, 5.74) is 0. The molecule has 1 unspecified atom stereocenters. The van der Waals surface area contributed by atoms with Crippen LogP contribution in [0.5, 0.6) is 0 Å². The van der Waals surface area contributed by atoms with Gasteiger partial charge in [-0.3, -0.25) is 9.79 Å². The molecule has 66 valence electrons. The van der Waals surface area contributed by atoms with Crippen molar-refractivity contribution in [2.45, 2.75) is 19.4 Å². The number of aliphatic imine (C=N–C) groups is 1. The first-order valence-electron chi connectivity index (χ1n) is 3.56. The SMILES string of the molecule is CC1=NC(C(=O)O)CC(=O)N1C. The Morgan fingerprint density at radius 1 is 1.75 bits per heavy atom. The molecule has 0 saturated heterocycles. The van der Waals surface area contributed by atoms with E-state index >= 15 is 0 Å². The van der Waals surface area contributed by atoms with E-state index in [0.717, 1.165) is 0 Å². The molecule has 0 spiro atoms. The molecule has 1 amide bonds. The van der Waals surface area contributed by atoms with E-state index in [4.69, 9.17) is 5.11 Å². The maximum Gasteiger partial charge on any atom is 0.329 e. The van der Waals surface area contributed by atoms with E-state index in [9.17, 15) is 9.59 Å². The van der Waals surface area contributed by atoms with Crippen molar-refractivity contribution in [2.24, 2.45) is 4.99 Å². The molecular weight excluding hydrogens is 160 g/mol. The monoisotopic (exact) mass is 170 g/mol. The predicted octanol–water partition coefficient (Wildman–Crippen LogP) is -0.280. The molecule has 1 aliphatic heterocycles. The molecule has 12 heavy (non-hydrogen) atoms. The molecule has 1 heterocycles. The van der Waals surface area contributed by atoms with E-state index in [-0.39, 0.29) is 12.3 Å². The third-order valence-electron chi connectivity index (χ3n) is 1.86. The van der Waals surface area contributed by atoms with Gasteiger partial charge in [-0.25, -0.2) is 4.79 Å². The van der Waals surface area contributed by atoms with Crippen molar-refractivity contribution in [3.63, 3.8) is 0 Å². The molecule has 0 aliphatic carbocycles. The van der Waals surface area contributed by atoms with E-state index in [2.05, 4.69) is 4.99 Å². The first kappa shape index (κ1) is 8.70. The summed E-state index contributed by atoms with van der Waals surface area (Å²) in [5.74, 6) is -0.788. The number of aliphatic carboxylic acids is 1. The van der Waals surface area contributed by atoms with Gasteiger partial charge in [0, 0.05) is 7.05 Å². The zero-order valence-electron chi connectivity index (χ0n) is 6.94. The molecule has 0 aromatic carbocycles. The largest absolute Gasteiger partial charge is 0.480 e. The van der Waals surface area contributed by atoms with Crippen LogP contribution in [0.2, 0.25) is 0 Å². The van der Waals surface area contributed by atoms with Crippen LogP contribution in [0.3, 0.4) is 0 Å². The predicted molar refractivity (Wildman–Crippen MR) is 41.9 cm³/mol.